The second-order valence-corrected chi connectivity index (χ2v) is 4.23. The van der Waals surface area contributed by atoms with Crippen molar-refractivity contribution in [3.8, 4) is 0 Å². The Kier molecular flexibility index (Phi) is 8.12. The standard InChI is InChI=1S/C9H18N2O3S/c1-3-15-5-4-7(9(13)14-2)11-8(12)6-10/h7H,3-6,10H2,1-2H3,(H,11,12)/t7-/m0/s1. The molecule has 6 heteroatoms. The Hall–Kier alpha value is -0.750. The van der Waals surface area contributed by atoms with Crippen molar-refractivity contribution in [2.75, 3.05) is 25.2 Å². The smallest absolute Gasteiger partial charge is 0.328 e. The number of hydrogen-bond donors (Lipinski definition) is 2. The van der Waals surface area contributed by atoms with E-state index in [4.69, 9.17) is 5.73 Å². The van der Waals surface area contributed by atoms with Crippen molar-refractivity contribution in [2.45, 2.75) is 19.4 Å². The summed E-state index contributed by atoms with van der Waals surface area (Å²) in [5.41, 5.74) is 5.15. The number of ether oxygens (including phenoxy) is 1. The summed E-state index contributed by atoms with van der Waals surface area (Å²) in [6.45, 7) is 1.92. The highest BCUT2D eigenvalue weighted by Crippen LogP contribution is 2.05. The van der Waals surface area contributed by atoms with Crippen LogP contribution in [-0.2, 0) is 14.3 Å². The normalized spacial score (nSPS) is 11.9. The summed E-state index contributed by atoms with van der Waals surface area (Å²) in [6, 6.07) is -0.579. The van der Waals surface area contributed by atoms with Gasteiger partial charge in [-0.05, 0) is 17.9 Å². The van der Waals surface area contributed by atoms with E-state index >= 15 is 0 Å². The van der Waals surface area contributed by atoms with Gasteiger partial charge in [0.15, 0.2) is 0 Å². The summed E-state index contributed by atoms with van der Waals surface area (Å²) >= 11 is 1.71. The van der Waals surface area contributed by atoms with Crippen LogP contribution in [0.15, 0.2) is 0 Å². The quantitative estimate of drug-likeness (QED) is 0.469. The lowest BCUT2D eigenvalue weighted by molar-refractivity contribution is -0.144. The number of hydrogen-bond acceptors (Lipinski definition) is 5. The second-order valence-electron chi connectivity index (χ2n) is 2.83. The van der Waals surface area contributed by atoms with Crippen LogP contribution in [0.5, 0.6) is 0 Å². The summed E-state index contributed by atoms with van der Waals surface area (Å²) < 4.78 is 4.58. The summed E-state index contributed by atoms with van der Waals surface area (Å²) in [7, 11) is 1.30. The van der Waals surface area contributed by atoms with Crippen molar-refractivity contribution in [3.63, 3.8) is 0 Å². The number of nitrogens with one attached hydrogen (secondary N) is 1. The molecule has 0 spiro atoms. The van der Waals surface area contributed by atoms with Gasteiger partial charge < -0.3 is 15.8 Å². The highest BCUT2D eigenvalue weighted by molar-refractivity contribution is 7.99. The van der Waals surface area contributed by atoms with Gasteiger partial charge in [-0.2, -0.15) is 11.8 Å². The molecule has 1 atom stereocenters. The summed E-state index contributed by atoms with van der Waals surface area (Å²) in [5.74, 6) is 1.03. The lowest BCUT2D eigenvalue weighted by Crippen LogP contribution is -2.44. The Morgan fingerprint density at radius 1 is 1.53 bits per heavy atom. The predicted octanol–water partition coefficient (Wildman–Crippen LogP) is -0.254. The molecular weight excluding hydrogens is 216 g/mol. The number of esters is 1. The molecule has 0 saturated heterocycles. The van der Waals surface area contributed by atoms with Crippen molar-refractivity contribution >= 4 is 23.6 Å². The van der Waals surface area contributed by atoms with Gasteiger partial charge in [-0.25, -0.2) is 4.79 Å². The molecule has 0 heterocycles. The zero-order valence-corrected chi connectivity index (χ0v) is 9.93. The van der Waals surface area contributed by atoms with E-state index in [1.807, 2.05) is 6.92 Å². The van der Waals surface area contributed by atoms with Crippen molar-refractivity contribution in [1.82, 2.24) is 5.32 Å². The van der Waals surface area contributed by atoms with Crippen LogP contribution in [0.25, 0.3) is 0 Å². The minimum Gasteiger partial charge on any atom is -0.467 e. The Balaban J connectivity index is 4.06. The van der Waals surface area contributed by atoms with Crippen LogP contribution in [0, 0.1) is 0 Å². The number of nitrogens with two attached hydrogens (primary N) is 1. The number of thioether (sulfide) groups is 1. The van der Waals surface area contributed by atoms with Crippen LogP contribution in [0.4, 0.5) is 0 Å². The lowest BCUT2D eigenvalue weighted by atomic mass is 10.2. The summed E-state index contributed by atoms with van der Waals surface area (Å²) in [6.07, 6.45) is 0.566. The summed E-state index contributed by atoms with van der Waals surface area (Å²) in [5, 5.41) is 2.52. The van der Waals surface area contributed by atoms with Crippen molar-refractivity contribution in [1.29, 1.82) is 0 Å². The van der Waals surface area contributed by atoms with E-state index in [9.17, 15) is 9.59 Å². The zero-order chi connectivity index (χ0) is 11.7. The maximum absolute atomic E-state index is 11.3. The van der Waals surface area contributed by atoms with Gasteiger partial charge in [0.2, 0.25) is 5.91 Å². The number of carbonyl (C=O) groups excluding carboxylic acids is 2. The van der Waals surface area contributed by atoms with E-state index in [1.165, 1.54) is 7.11 Å². The molecule has 0 unspecified atom stereocenters. The monoisotopic (exact) mass is 234 g/mol. The predicted molar refractivity (Wildman–Crippen MR) is 60.6 cm³/mol. The first kappa shape index (κ1) is 14.2. The second kappa shape index (κ2) is 8.55. The minimum absolute atomic E-state index is 0.117. The molecule has 0 fully saturated rings. The Labute approximate surface area is 94.1 Å². The molecular formula is C9H18N2O3S. The van der Waals surface area contributed by atoms with E-state index < -0.39 is 12.0 Å². The van der Waals surface area contributed by atoms with E-state index in [2.05, 4.69) is 10.1 Å². The fourth-order valence-electron chi connectivity index (χ4n) is 0.990. The van der Waals surface area contributed by atoms with Gasteiger partial charge in [0, 0.05) is 0 Å². The maximum atomic E-state index is 11.3. The molecule has 0 aliphatic carbocycles. The van der Waals surface area contributed by atoms with Gasteiger partial charge >= 0.3 is 5.97 Å². The SMILES string of the molecule is CCSCC[C@H](NC(=O)CN)C(=O)OC. The van der Waals surface area contributed by atoms with E-state index in [-0.39, 0.29) is 12.5 Å². The van der Waals surface area contributed by atoms with Crippen molar-refractivity contribution < 1.29 is 14.3 Å². The van der Waals surface area contributed by atoms with Crippen LogP contribution in [0.3, 0.4) is 0 Å². The van der Waals surface area contributed by atoms with Crippen molar-refractivity contribution in [3.05, 3.63) is 0 Å². The molecule has 0 aromatic rings. The van der Waals surface area contributed by atoms with E-state index in [1.54, 1.807) is 11.8 Å². The average Bonchev–Trinajstić information content (AvgIpc) is 2.26. The zero-order valence-electron chi connectivity index (χ0n) is 9.12. The number of methoxy groups -OCH3 is 1. The molecule has 0 radical (unpaired) electrons. The van der Waals surface area contributed by atoms with Crippen LogP contribution >= 0.6 is 11.8 Å². The van der Waals surface area contributed by atoms with Gasteiger partial charge in [-0.1, -0.05) is 6.92 Å². The highest BCUT2D eigenvalue weighted by atomic mass is 32.2. The number of carbonyl (C=O) groups is 2. The van der Waals surface area contributed by atoms with Crippen molar-refractivity contribution in [2.24, 2.45) is 5.73 Å². The Bertz CT molecular complexity index is 212. The van der Waals surface area contributed by atoms with E-state index in [0.717, 1.165) is 11.5 Å². The number of rotatable bonds is 7. The van der Waals surface area contributed by atoms with E-state index in [0.29, 0.717) is 6.42 Å². The molecule has 1 amide bonds. The minimum atomic E-state index is -0.579. The third kappa shape index (κ3) is 6.35. The van der Waals surface area contributed by atoms with Gasteiger partial charge in [0.1, 0.15) is 6.04 Å². The van der Waals surface area contributed by atoms with Gasteiger partial charge in [-0.3, -0.25) is 4.79 Å². The molecule has 3 N–H and O–H groups in total. The van der Waals surface area contributed by atoms with Gasteiger partial charge in [0.05, 0.1) is 13.7 Å². The molecule has 0 rings (SSSR count). The third-order valence-corrected chi connectivity index (χ3v) is 2.69. The topological polar surface area (TPSA) is 81.4 Å². The first-order valence-corrected chi connectivity index (χ1v) is 5.96. The molecule has 88 valence electrons. The van der Waals surface area contributed by atoms with Crippen LogP contribution in [0.1, 0.15) is 13.3 Å². The molecule has 15 heavy (non-hydrogen) atoms. The molecule has 0 saturated carbocycles. The largest absolute Gasteiger partial charge is 0.467 e. The first-order valence-electron chi connectivity index (χ1n) is 4.80. The molecule has 0 aromatic heterocycles. The van der Waals surface area contributed by atoms with Gasteiger partial charge in [-0.15, -0.1) is 0 Å². The first-order chi connectivity index (χ1) is 7.15. The highest BCUT2D eigenvalue weighted by Gasteiger charge is 2.20. The summed E-state index contributed by atoms with van der Waals surface area (Å²) in [4.78, 5) is 22.3. The number of amides is 1. The maximum Gasteiger partial charge on any atom is 0.328 e. The van der Waals surface area contributed by atoms with Crippen LogP contribution in [-0.4, -0.2) is 43.1 Å². The Morgan fingerprint density at radius 3 is 2.67 bits per heavy atom. The average molecular weight is 234 g/mol. The molecule has 0 aliphatic heterocycles. The van der Waals surface area contributed by atoms with Crippen LogP contribution < -0.4 is 11.1 Å². The molecule has 0 aromatic carbocycles. The molecule has 0 aliphatic rings. The fourth-order valence-corrected chi connectivity index (χ4v) is 1.68. The third-order valence-electron chi connectivity index (χ3n) is 1.76. The fraction of sp³-hybridized carbons (Fsp3) is 0.778. The van der Waals surface area contributed by atoms with Gasteiger partial charge in [0.25, 0.3) is 0 Å². The van der Waals surface area contributed by atoms with Crippen LogP contribution in [0.2, 0.25) is 0 Å². The Morgan fingerprint density at radius 2 is 2.20 bits per heavy atom. The lowest BCUT2D eigenvalue weighted by Gasteiger charge is -2.15. The molecule has 5 nitrogen and oxygen atoms in total. The molecule has 0 bridgehead atoms.